The zero-order valence-corrected chi connectivity index (χ0v) is 15.7. The Labute approximate surface area is 151 Å². The molecule has 1 saturated heterocycles. The highest BCUT2D eigenvalue weighted by Gasteiger charge is 2.19. The van der Waals surface area contributed by atoms with Crippen molar-refractivity contribution in [1.82, 2.24) is 15.5 Å². The van der Waals surface area contributed by atoms with Gasteiger partial charge in [0.25, 0.3) is 0 Å². The maximum Gasteiger partial charge on any atom is 0.151 e. The summed E-state index contributed by atoms with van der Waals surface area (Å²) in [5.41, 5.74) is 3.05. The summed E-state index contributed by atoms with van der Waals surface area (Å²) in [7, 11) is 0. The van der Waals surface area contributed by atoms with E-state index in [4.69, 9.17) is 0 Å². The van der Waals surface area contributed by atoms with Gasteiger partial charge in [-0.25, -0.2) is 0 Å². The standard InChI is InChI=1S/C21H30N4/c1-21(2,3)18-8-6-17(7-9-18)10-14-22-19-11-15-25(16-12-19)20-5-4-13-23-24-20/h4-9,13,19,22H,10-12,14-16H2,1-3H3. The molecular formula is C21H30N4. The highest BCUT2D eigenvalue weighted by atomic mass is 15.3. The molecule has 1 aromatic heterocycles. The van der Waals surface area contributed by atoms with Crippen molar-refractivity contribution in [3.63, 3.8) is 0 Å². The van der Waals surface area contributed by atoms with E-state index in [1.807, 2.05) is 12.1 Å². The summed E-state index contributed by atoms with van der Waals surface area (Å²) in [4.78, 5) is 2.33. The van der Waals surface area contributed by atoms with E-state index < -0.39 is 0 Å². The Bertz CT molecular complexity index is 638. The van der Waals surface area contributed by atoms with Gasteiger partial charge in [0.2, 0.25) is 0 Å². The predicted molar refractivity (Wildman–Crippen MR) is 104 cm³/mol. The monoisotopic (exact) mass is 338 g/mol. The van der Waals surface area contributed by atoms with Crippen LogP contribution in [-0.4, -0.2) is 35.9 Å². The van der Waals surface area contributed by atoms with Crippen LogP contribution in [0.2, 0.25) is 0 Å². The summed E-state index contributed by atoms with van der Waals surface area (Å²) >= 11 is 0. The molecule has 1 aromatic carbocycles. The summed E-state index contributed by atoms with van der Waals surface area (Å²) < 4.78 is 0. The van der Waals surface area contributed by atoms with Gasteiger partial charge >= 0.3 is 0 Å². The van der Waals surface area contributed by atoms with E-state index in [0.29, 0.717) is 6.04 Å². The molecule has 0 atom stereocenters. The van der Waals surface area contributed by atoms with Crippen molar-refractivity contribution in [1.29, 1.82) is 0 Å². The lowest BCUT2D eigenvalue weighted by Crippen LogP contribution is -2.43. The van der Waals surface area contributed by atoms with E-state index >= 15 is 0 Å². The highest BCUT2D eigenvalue weighted by molar-refractivity contribution is 5.36. The van der Waals surface area contributed by atoms with Crippen molar-refractivity contribution >= 4 is 5.82 Å². The molecule has 1 N–H and O–H groups in total. The molecular weight excluding hydrogens is 308 g/mol. The third-order valence-corrected chi connectivity index (χ3v) is 5.04. The summed E-state index contributed by atoms with van der Waals surface area (Å²) in [6.45, 7) is 9.93. The topological polar surface area (TPSA) is 41.0 Å². The van der Waals surface area contributed by atoms with Crippen LogP contribution in [0.4, 0.5) is 5.82 Å². The highest BCUT2D eigenvalue weighted by Crippen LogP contribution is 2.22. The van der Waals surface area contributed by atoms with Crippen LogP contribution in [0.15, 0.2) is 42.6 Å². The lowest BCUT2D eigenvalue weighted by Gasteiger charge is -2.33. The van der Waals surface area contributed by atoms with Crippen LogP contribution in [-0.2, 0) is 11.8 Å². The lowest BCUT2D eigenvalue weighted by atomic mass is 9.86. The van der Waals surface area contributed by atoms with Crippen molar-refractivity contribution in [3.05, 3.63) is 53.7 Å². The molecule has 4 heteroatoms. The molecule has 2 heterocycles. The maximum atomic E-state index is 4.21. The third kappa shape index (κ3) is 5.02. The van der Waals surface area contributed by atoms with Gasteiger partial charge in [0.05, 0.1) is 0 Å². The Hall–Kier alpha value is -1.94. The van der Waals surface area contributed by atoms with Gasteiger partial charge in [-0.2, -0.15) is 5.10 Å². The van der Waals surface area contributed by atoms with Crippen molar-refractivity contribution in [2.45, 2.75) is 51.5 Å². The molecule has 0 saturated carbocycles. The van der Waals surface area contributed by atoms with Gasteiger partial charge < -0.3 is 10.2 Å². The molecule has 0 bridgehead atoms. The smallest absolute Gasteiger partial charge is 0.151 e. The molecule has 1 aliphatic heterocycles. The van der Waals surface area contributed by atoms with E-state index in [0.717, 1.165) is 31.9 Å². The van der Waals surface area contributed by atoms with Gasteiger partial charge in [-0.05, 0) is 54.5 Å². The van der Waals surface area contributed by atoms with Gasteiger partial charge in [0.15, 0.2) is 5.82 Å². The number of rotatable bonds is 5. The van der Waals surface area contributed by atoms with Crippen LogP contribution in [0, 0.1) is 0 Å². The van der Waals surface area contributed by atoms with E-state index in [2.05, 4.69) is 65.5 Å². The second-order valence-corrected chi connectivity index (χ2v) is 7.99. The van der Waals surface area contributed by atoms with Crippen LogP contribution in [0.1, 0.15) is 44.7 Å². The minimum atomic E-state index is 0.230. The molecule has 0 amide bonds. The SMILES string of the molecule is CC(C)(C)c1ccc(CCNC2CCN(c3cccnn3)CC2)cc1. The quantitative estimate of drug-likeness (QED) is 0.905. The van der Waals surface area contributed by atoms with Crippen LogP contribution in [0.5, 0.6) is 0 Å². The number of anilines is 1. The molecule has 0 radical (unpaired) electrons. The molecule has 134 valence electrons. The van der Waals surface area contributed by atoms with Crippen molar-refractivity contribution in [2.24, 2.45) is 0 Å². The number of hydrogen-bond acceptors (Lipinski definition) is 4. The predicted octanol–water partition coefficient (Wildman–Crippen LogP) is 3.58. The zero-order chi connectivity index (χ0) is 17.7. The van der Waals surface area contributed by atoms with Crippen LogP contribution < -0.4 is 10.2 Å². The van der Waals surface area contributed by atoms with E-state index in [-0.39, 0.29) is 5.41 Å². The van der Waals surface area contributed by atoms with Crippen LogP contribution >= 0.6 is 0 Å². The third-order valence-electron chi connectivity index (χ3n) is 5.04. The van der Waals surface area contributed by atoms with Crippen LogP contribution in [0.25, 0.3) is 0 Å². The second-order valence-electron chi connectivity index (χ2n) is 7.99. The van der Waals surface area contributed by atoms with E-state index in [9.17, 15) is 0 Å². The fourth-order valence-corrected chi connectivity index (χ4v) is 3.37. The average molecular weight is 338 g/mol. The maximum absolute atomic E-state index is 4.21. The molecule has 3 rings (SSSR count). The molecule has 1 aliphatic rings. The number of nitrogens with zero attached hydrogens (tertiary/aromatic N) is 3. The van der Waals surface area contributed by atoms with Gasteiger partial charge in [-0.3, -0.25) is 0 Å². The zero-order valence-electron chi connectivity index (χ0n) is 15.7. The molecule has 4 nitrogen and oxygen atoms in total. The van der Waals surface area contributed by atoms with Crippen LogP contribution in [0.3, 0.4) is 0 Å². The van der Waals surface area contributed by atoms with Crippen molar-refractivity contribution in [2.75, 3.05) is 24.5 Å². The average Bonchev–Trinajstić information content (AvgIpc) is 2.63. The van der Waals surface area contributed by atoms with Gasteiger partial charge in [-0.15, -0.1) is 5.10 Å². The summed E-state index contributed by atoms with van der Waals surface area (Å²) in [5.74, 6) is 1.000. The largest absolute Gasteiger partial charge is 0.355 e. The molecule has 25 heavy (non-hydrogen) atoms. The molecule has 2 aromatic rings. The lowest BCUT2D eigenvalue weighted by molar-refractivity contribution is 0.416. The first-order chi connectivity index (χ1) is 12.0. The minimum absolute atomic E-state index is 0.230. The van der Waals surface area contributed by atoms with Gasteiger partial charge in [-0.1, -0.05) is 45.0 Å². The number of benzene rings is 1. The Balaban J connectivity index is 1.40. The Kier molecular flexibility index (Phi) is 5.69. The molecule has 0 spiro atoms. The molecule has 0 unspecified atom stereocenters. The summed E-state index contributed by atoms with van der Waals surface area (Å²) in [6.07, 6.45) is 5.15. The molecule has 0 aliphatic carbocycles. The van der Waals surface area contributed by atoms with E-state index in [1.165, 1.54) is 24.0 Å². The first kappa shape index (κ1) is 17.9. The number of hydrogen-bond donors (Lipinski definition) is 1. The Morgan fingerprint density at radius 1 is 1.08 bits per heavy atom. The first-order valence-corrected chi connectivity index (χ1v) is 9.38. The Morgan fingerprint density at radius 2 is 1.80 bits per heavy atom. The Morgan fingerprint density at radius 3 is 2.40 bits per heavy atom. The molecule has 1 fully saturated rings. The fourth-order valence-electron chi connectivity index (χ4n) is 3.37. The summed E-state index contributed by atoms with van der Waals surface area (Å²) in [6, 6.07) is 13.7. The van der Waals surface area contributed by atoms with E-state index in [1.54, 1.807) is 6.20 Å². The number of piperidine rings is 1. The minimum Gasteiger partial charge on any atom is -0.355 e. The number of nitrogens with one attached hydrogen (secondary N) is 1. The van der Waals surface area contributed by atoms with Gasteiger partial charge in [0, 0.05) is 25.3 Å². The fraction of sp³-hybridized carbons (Fsp3) is 0.524. The van der Waals surface area contributed by atoms with Crippen molar-refractivity contribution in [3.8, 4) is 0 Å². The van der Waals surface area contributed by atoms with Crippen molar-refractivity contribution < 1.29 is 0 Å². The normalized spacial score (nSPS) is 16.2. The number of aromatic nitrogens is 2. The first-order valence-electron chi connectivity index (χ1n) is 9.38. The van der Waals surface area contributed by atoms with Gasteiger partial charge in [0.1, 0.15) is 0 Å². The second kappa shape index (κ2) is 7.96. The summed E-state index contributed by atoms with van der Waals surface area (Å²) in [5, 5.41) is 11.9.